The molecule has 2 atom stereocenters. The lowest BCUT2D eigenvalue weighted by atomic mass is 9.78. The van der Waals surface area contributed by atoms with Gasteiger partial charge in [-0.1, -0.05) is 18.9 Å². The minimum Gasteiger partial charge on any atom is -0.330 e. The van der Waals surface area contributed by atoms with Gasteiger partial charge in [0.05, 0.1) is 0 Å². The minimum absolute atomic E-state index is 0.757. The fourth-order valence-electron chi connectivity index (χ4n) is 2.12. The van der Waals surface area contributed by atoms with E-state index in [1.807, 2.05) is 0 Å². The first kappa shape index (κ1) is 8.79. The number of hydrogen-bond acceptors (Lipinski definition) is 1. The Morgan fingerprint density at radius 2 is 2.09 bits per heavy atom. The normalized spacial score (nSPS) is 31.7. The molecule has 0 spiro atoms. The standard InChI is InChI=1S/C10H19N/c1-2-9-5-3-4-6-10(9)7-8-11/h2,9-10H,1,3-8,11H2. The Bertz CT molecular complexity index is 118. The SMILES string of the molecule is C=CC1CCCCC1CCN. The second kappa shape index (κ2) is 4.55. The number of hydrogen-bond donors (Lipinski definition) is 1. The molecule has 0 aliphatic heterocycles. The van der Waals surface area contributed by atoms with Crippen LogP contribution in [0.3, 0.4) is 0 Å². The molecule has 0 heterocycles. The third kappa shape index (κ3) is 2.33. The third-order valence-electron chi connectivity index (χ3n) is 2.81. The molecule has 1 saturated carbocycles. The lowest BCUT2D eigenvalue weighted by molar-refractivity contribution is 0.272. The van der Waals surface area contributed by atoms with Crippen molar-refractivity contribution in [2.45, 2.75) is 32.1 Å². The van der Waals surface area contributed by atoms with E-state index in [-0.39, 0.29) is 0 Å². The molecule has 0 bridgehead atoms. The van der Waals surface area contributed by atoms with Crippen molar-refractivity contribution < 1.29 is 0 Å². The summed E-state index contributed by atoms with van der Waals surface area (Å²) >= 11 is 0. The van der Waals surface area contributed by atoms with Crippen LogP contribution in [0.5, 0.6) is 0 Å². The summed E-state index contributed by atoms with van der Waals surface area (Å²) in [4.78, 5) is 0. The first-order chi connectivity index (χ1) is 5.38. The summed E-state index contributed by atoms with van der Waals surface area (Å²) in [7, 11) is 0. The molecule has 64 valence electrons. The molecule has 0 saturated heterocycles. The van der Waals surface area contributed by atoms with Crippen LogP contribution in [0, 0.1) is 11.8 Å². The van der Waals surface area contributed by atoms with Crippen molar-refractivity contribution in [2.75, 3.05) is 6.54 Å². The third-order valence-corrected chi connectivity index (χ3v) is 2.81. The second-order valence-corrected chi connectivity index (χ2v) is 3.52. The smallest absolute Gasteiger partial charge is 0.00744 e. The summed E-state index contributed by atoms with van der Waals surface area (Å²) in [6.07, 6.45) is 8.81. The van der Waals surface area contributed by atoms with Crippen LogP contribution in [-0.2, 0) is 0 Å². The van der Waals surface area contributed by atoms with E-state index in [2.05, 4.69) is 12.7 Å². The van der Waals surface area contributed by atoms with Gasteiger partial charge < -0.3 is 5.73 Å². The topological polar surface area (TPSA) is 26.0 Å². The van der Waals surface area contributed by atoms with Gasteiger partial charge in [-0.05, 0) is 37.6 Å². The van der Waals surface area contributed by atoms with E-state index in [4.69, 9.17) is 5.73 Å². The van der Waals surface area contributed by atoms with Crippen molar-refractivity contribution in [3.8, 4) is 0 Å². The molecule has 2 N–H and O–H groups in total. The van der Waals surface area contributed by atoms with Gasteiger partial charge >= 0.3 is 0 Å². The van der Waals surface area contributed by atoms with Gasteiger partial charge in [-0.3, -0.25) is 0 Å². The monoisotopic (exact) mass is 153 g/mol. The van der Waals surface area contributed by atoms with Gasteiger partial charge in [0.1, 0.15) is 0 Å². The van der Waals surface area contributed by atoms with Gasteiger partial charge in [0.15, 0.2) is 0 Å². The predicted molar refractivity (Wildman–Crippen MR) is 49.3 cm³/mol. The van der Waals surface area contributed by atoms with Crippen molar-refractivity contribution in [2.24, 2.45) is 17.6 Å². The maximum Gasteiger partial charge on any atom is -0.00744 e. The molecule has 0 amide bonds. The molecule has 1 nitrogen and oxygen atoms in total. The Morgan fingerprint density at radius 3 is 2.73 bits per heavy atom. The van der Waals surface area contributed by atoms with Crippen molar-refractivity contribution in [3.05, 3.63) is 12.7 Å². The zero-order valence-electron chi connectivity index (χ0n) is 7.26. The molecule has 1 aliphatic carbocycles. The van der Waals surface area contributed by atoms with Gasteiger partial charge in [0, 0.05) is 0 Å². The predicted octanol–water partition coefficient (Wildman–Crippen LogP) is 2.33. The van der Waals surface area contributed by atoms with Gasteiger partial charge in [-0.2, -0.15) is 0 Å². The zero-order valence-corrected chi connectivity index (χ0v) is 7.26. The average Bonchev–Trinajstić information content (AvgIpc) is 2.06. The van der Waals surface area contributed by atoms with Gasteiger partial charge in [0.25, 0.3) is 0 Å². The quantitative estimate of drug-likeness (QED) is 0.619. The summed E-state index contributed by atoms with van der Waals surface area (Å²) in [5.41, 5.74) is 5.54. The minimum atomic E-state index is 0.757. The molecule has 2 unspecified atom stereocenters. The van der Waals surface area contributed by atoms with Crippen molar-refractivity contribution in [1.82, 2.24) is 0 Å². The molecule has 1 aliphatic rings. The lowest BCUT2D eigenvalue weighted by Gasteiger charge is -2.28. The Morgan fingerprint density at radius 1 is 1.36 bits per heavy atom. The van der Waals surface area contributed by atoms with Crippen LogP contribution < -0.4 is 5.73 Å². The summed E-state index contributed by atoms with van der Waals surface area (Å²) in [5, 5.41) is 0. The Balaban J connectivity index is 2.37. The Kier molecular flexibility index (Phi) is 3.64. The van der Waals surface area contributed by atoms with E-state index >= 15 is 0 Å². The second-order valence-electron chi connectivity index (χ2n) is 3.52. The highest BCUT2D eigenvalue weighted by Gasteiger charge is 2.21. The van der Waals surface area contributed by atoms with Crippen LogP contribution in [0.15, 0.2) is 12.7 Å². The molecule has 1 heteroatoms. The van der Waals surface area contributed by atoms with E-state index in [0.29, 0.717) is 0 Å². The number of nitrogens with two attached hydrogens (primary N) is 1. The van der Waals surface area contributed by atoms with Gasteiger partial charge in [-0.15, -0.1) is 6.58 Å². The van der Waals surface area contributed by atoms with Crippen LogP contribution in [-0.4, -0.2) is 6.54 Å². The summed E-state index contributed by atoms with van der Waals surface area (Å²) in [6, 6.07) is 0. The van der Waals surface area contributed by atoms with Gasteiger partial charge in [0.2, 0.25) is 0 Å². The molecule has 1 fully saturated rings. The largest absolute Gasteiger partial charge is 0.330 e. The fourth-order valence-corrected chi connectivity index (χ4v) is 2.12. The fraction of sp³-hybridized carbons (Fsp3) is 0.800. The average molecular weight is 153 g/mol. The van der Waals surface area contributed by atoms with Crippen LogP contribution >= 0.6 is 0 Å². The van der Waals surface area contributed by atoms with E-state index in [9.17, 15) is 0 Å². The van der Waals surface area contributed by atoms with Crippen LogP contribution in [0.4, 0.5) is 0 Å². The molecule has 0 aromatic carbocycles. The van der Waals surface area contributed by atoms with E-state index in [0.717, 1.165) is 18.4 Å². The maximum atomic E-state index is 5.54. The Hall–Kier alpha value is -0.300. The van der Waals surface area contributed by atoms with Gasteiger partial charge in [-0.25, -0.2) is 0 Å². The lowest BCUT2D eigenvalue weighted by Crippen LogP contribution is -2.20. The summed E-state index contributed by atoms with van der Waals surface area (Å²) in [6.45, 7) is 4.72. The molecule has 0 radical (unpaired) electrons. The molecule has 1 rings (SSSR count). The Labute approximate surface area is 69.7 Å². The summed E-state index contributed by atoms with van der Waals surface area (Å²) in [5.74, 6) is 1.60. The highest BCUT2D eigenvalue weighted by Crippen LogP contribution is 2.32. The van der Waals surface area contributed by atoms with Crippen molar-refractivity contribution in [1.29, 1.82) is 0 Å². The van der Waals surface area contributed by atoms with Crippen LogP contribution in [0.2, 0.25) is 0 Å². The molecular formula is C10H19N. The van der Waals surface area contributed by atoms with Crippen molar-refractivity contribution >= 4 is 0 Å². The van der Waals surface area contributed by atoms with Crippen molar-refractivity contribution in [3.63, 3.8) is 0 Å². The zero-order chi connectivity index (χ0) is 8.10. The first-order valence-electron chi connectivity index (χ1n) is 4.71. The van der Waals surface area contributed by atoms with E-state index < -0.39 is 0 Å². The van der Waals surface area contributed by atoms with E-state index in [1.54, 1.807) is 0 Å². The molecule has 11 heavy (non-hydrogen) atoms. The first-order valence-corrected chi connectivity index (χ1v) is 4.71. The maximum absolute atomic E-state index is 5.54. The number of allylic oxidation sites excluding steroid dienone is 1. The molecule has 0 aromatic heterocycles. The van der Waals surface area contributed by atoms with Crippen LogP contribution in [0.25, 0.3) is 0 Å². The highest BCUT2D eigenvalue weighted by molar-refractivity contribution is 4.87. The van der Waals surface area contributed by atoms with E-state index in [1.165, 1.54) is 32.1 Å². The molecule has 0 aromatic rings. The number of rotatable bonds is 3. The molecular weight excluding hydrogens is 134 g/mol. The highest BCUT2D eigenvalue weighted by atomic mass is 14.5. The summed E-state index contributed by atoms with van der Waals surface area (Å²) < 4.78 is 0. The van der Waals surface area contributed by atoms with Crippen LogP contribution in [0.1, 0.15) is 32.1 Å².